The summed E-state index contributed by atoms with van der Waals surface area (Å²) in [6.07, 6.45) is 4.08. The summed E-state index contributed by atoms with van der Waals surface area (Å²) in [5.74, 6) is 1.13. The minimum Gasteiger partial charge on any atom is -0.310 e. The molecule has 9 rings (SSSR count). The van der Waals surface area contributed by atoms with Crippen molar-refractivity contribution in [1.29, 1.82) is 0 Å². The zero-order chi connectivity index (χ0) is 44.2. The average Bonchev–Trinajstić information content (AvgIpc) is 3.32. The number of fused-ring (bicyclic) bond motifs is 2. The molecule has 0 aliphatic carbocycles. The summed E-state index contributed by atoms with van der Waals surface area (Å²) in [6, 6.07) is 72.9. The highest BCUT2D eigenvalue weighted by atomic mass is 15.1. The second kappa shape index (κ2) is 18.8. The summed E-state index contributed by atoms with van der Waals surface area (Å²) < 4.78 is 0. The van der Waals surface area contributed by atoms with E-state index in [0.717, 1.165) is 48.4 Å². The lowest BCUT2D eigenvalue weighted by Crippen LogP contribution is -2.11. The van der Waals surface area contributed by atoms with Gasteiger partial charge in [-0.3, -0.25) is 0 Å². The molecule has 0 atom stereocenters. The van der Waals surface area contributed by atoms with Gasteiger partial charge in [-0.1, -0.05) is 163 Å². The fourth-order valence-corrected chi connectivity index (χ4v) is 9.56. The van der Waals surface area contributed by atoms with E-state index in [9.17, 15) is 0 Å². The monoisotopic (exact) mass is 832 g/mol. The number of benzene rings is 9. The maximum absolute atomic E-state index is 2.45. The van der Waals surface area contributed by atoms with Crippen LogP contribution in [0.1, 0.15) is 63.8 Å². The van der Waals surface area contributed by atoms with Crippen LogP contribution in [-0.2, 0) is 25.7 Å². The molecule has 0 saturated heterocycles. The molecule has 0 unspecified atom stereocenters. The molecular formula is C62H60N2. The maximum Gasteiger partial charge on any atom is 0.0468 e. The van der Waals surface area contributed by atoms with Crippen LogP contribution in [0.5, 0.6) is 0 Å². The van der Waals surface area contributed by atoms with Gasteiger partial charge in [-0.05, 0) is 176 Å². The van der Waals surface area contributed by atoms with Crippen LogP contribution in [0.15, 0.2) is 194 Å². The Labute approximate surface area is 381 Å². The Balaban J connectivity index is 1.33. The van der Waals surface area contributed by atoms with Gasteiger partial charge >= 0.3 is 0 Å². The molecule has 0 aliphatic heterocycles. The Kier molecular flexibility index (Phi) is 12.5. The summed E-state index contributed by atoms with van der Waals surface area (Å²) >= 11 is 0. The number of rotatable bonds is 14. The Hall–Kier alpha value is -6.90. The number of hydrogen-bond donors (Lipinski definition) is 0. The van der Waals surface area contributed by atoms with E-state index in [2.05, 4.69) is 245 Å². The predicted octanol–water partition coefficient (Wildman–Crippen LogP) is 17.8. The van der Waals surface area contributed by atoms with Crippen molar-refractivity contribution in [2.75, 3.05) is 9.80 Å². The number of hydrogen-bond acceptors (Lipinski definition) is 2. The van der Waals surface area contributed by atoms with Crippen molar-refractivity contribution in [1.82, 2.24) is 0 Å². The van der Waals surface area contributed by atoms with E-state index in [4.69, 9.17) is 0 Å². The van der Waals surface area contributed by atoms with Crippen molar-refractivity contribution in [2.24, 2.45) is 11.8 Å². The van der Waals surface area contributed by atoms with Crippen LogP contribution in [0.25, 0.3) is 43.8 Å². The summed E-state index contributed by atoms with van der Waals surface area (Å²) in [5, 5.41) is 4.91. The first kappa shape index (κ1) is 42.4. The third-order valence-corrected chi connectivity index (χ3v) is 12.6. The first-order chi connectivity index (χ1) is 31.3. The molecule has 0 amide bonds. The van der Waals surface area contributed by atoms with Gasteiger partial charge in [0.15, 0.2) is 0 Å². The Morgan fingerprint density at radius 3 is 1.03 bits per heavy atom. The molecule has 0 aliphatic rings. The molecule has 0 saturated carbocycles. The van der Waals surface area contributed by atoms with Crippen LogP contribution < -0.4 is 9.80 Å². The molecule has 318 valence electrons. The molecule has 64 heavy (non-hydrogen) atoms. The van der Waals surface area contributed by atoms with E-state index in [1.54, 1.807) is 0 Å². The Morgan fingerprint density at radius 2 is 0.672 bits per heavy atom. The highest BCUT2D eigenvalue weighted by Crippen LogP contribution is 2.48. The van der Waals surface area contributed by atoms with Crippen LogP contribution in [-0.4, -0.2) is 0 Å². The van der Waals surface area contributed by atoms with Crippen molar-refractivity contribution >= 4 is 55.7 Å². The van der Waals surface area contributed by atoms with Crippen LogP contribution in [0.4, 0.5) is 34.1 Å². The van der Waals surface area contributed by atoms with E-state index in [1.807, 2.05) is 0 Å². The van der Waals surface area contributed by atoms with Crippen molar-refractivity contribution in [3.05, 3.63) is 216 Å². The first-order valence-electron chi connectivity index (χ1n) is 23.4. The predicted molar refractivity (Wildman–Crippen MR) is 278 cm³/mol. The highest BCUT2D eigenvalue weighted by molar-refractivity contribution is 6.22. The van der Waals surface area contributed by atoms with Gasteiger partial charge in [0.2, 0.25) is 0 Å². The van der Waals surface area contributed by atoms with Crippen molar-refractivity contribution < 1.29 is 0 Å². The summed E-state index contributed by atoms with van der Waals surface area (Å²) in [7, 11) is 0. The van der Waals surface area contributed by atoms with Gasteiger partial charge in [-0.2, -0.15) is 0 Å². The topological polar surface area (TPSA) is 6.48 Å². The molecule has 0 radical (unpaired) electrons. The maximum atomic E-state index is 2.45. The van der Waals surface area contributed by atoms with E-state index < -0.39 is 0 Å². The molecule has 0 bridgehead atoms. The van der Waals surface area contributed by atoms with E-state index in [0.29, 0.717) is 11.8 Å². The van der Waals surface area contributed by atoms with E-state index in [1.165, 1.54) is 77.4 Å². The number of anilines is 6. The van der Waals surface area contributed by atoms with Gasteiger partial charge in [0, 0.05) is 34.1 Å². The first-order valence-corrected chi connectivity index (χ1v) is 23.4. The minimum absolute atomic E-state index is 0.565. The molecular weight excluding hydrogens is 773 g/mol. The number of aryl methyl sites for hydroxylation is 2. The fraction of sp³-hybridized carbons (Fsp3) is 0.194. The lowest BCUT2D eigenvalue weighted by Gasteiger charge is -2.29. The standard InChI is InChI=1S/C62H60N2/c1-7-45-25-29-51(30-26-45)63(53-23-15-17-47(39-53)37-43(3)4)55-33-35-57-59(41-55)61(49-19-11-9-12-20-49)58-36-34-56(42-60(58)62(57)50-21-13-10-14-22-50)64(52-31-27-46(8-2)28-32-52)54-24-16-18-48(40-54)38-44(5)6/h9-36,39-44H,7-8,37-38H2,1-6H3. The molecule has 9 aromatic carbocycles. The van der Waals surface area contributed by atoms with Gasteiger partial charge in [0.1, 0.15) is 0 Å². The van der Waals surface area contributed by atoms with Gasteiger partial charge in [-0.15, -0.1) is 0 Å². The molecule has 0 N–H and O–H groups in total. The van der Waals surface area contributed by atoms with Gasteiger partial charge in [0.25, 0.3) is 0 Å². The molecule has 0 aromatic heterocycles. The normalized spacial score (nSPS) is 11.5. The molecule has 0 heterocycles. The number of nitrogens with zero attached hydrogens (tertiary/aromatic N) is 2. The second-order valence-electron chi connectivity index (χ2n) is 18.2. The molecule has 0 spiro atoms. The summed E-state index contributed by atoms with van der Waals surface area (Å²) in [6.45, 7) is 13.6. The summed E-state index contributed by atoms with van der Waals surface area (Å²) in [5.41, 5.74) is 17.2. The zero-order valence-electron chi connectivity index (χ0n) is 38.4. The molecule has 9 aromatic rings. The van der Waals surface area contributed by atoms with Crippen molar-refractivity contribution in [2.45, 2.75) is 67.2 Å². The van der Waals surface area contributed by atoms with Gasteiger partial charge < -0.3 is 9.80 Å². The third-order valence-electron chi connectivity index (χ3n) is 12.6. The van der Waals surface area contributed by atoms with Crippen LogP contribution >= 0.6 is 0 Å². The smallest absolute Gasteiger partial charge is 0.0468 e. The van der Waals surface area contributed by atoms with E-state index >= 15 is 0 Å². The lowest BCUT2D eigenvalue weighted by atomic mass is 9.85. The van der Waals surface area contributed by atoms with Crippen molar-refractivity contribution in [3.8, 4) is 22.3 Å². The SMILES string of the molecule is CCc1ccc(N(c2cccc(CC(C)C)c2)c2ccc3c(-c4ccccc4)c4cc(N(c5ccc(CC)cc5)c5cccc(CC(C)C)c5)ccc4c(-c4ccccc4)c3c2)cc1. The van der Waals surface area contributed by atoms with Crippen LogP contribution in [0.2, 0.25) is 0 Å². The molecule has 0 fully saturated rings. The fourth-order valence-electron chi connectivity index (χ4n) is 9.56. The van der Waals surface area contributed by atoms with Crippen LogP contribution in [0, 0.1) is 11.8 Å². The molecule has 2 nitrogen and oxygen atoms in total. The largest absolute Gasteiger partial charge is 0.310 e. The van der Waals surface area contributed by atoms with Gasteiger partial charge in [0.05, 0.1) is 0 Å². The highest BCUT2D eigenvalue weighted by Gasteiger charge is 2.22. The third kappa shape index (κ3) is 8.84. The minimum atomic E-state index is 0.565. The molecule has 2 heteroatoms. The van der Waals surface area contributed by atoms with Gasteiger partial charge in [-0.25, -0.2) is 0 Å². The Morgan fingerprint density at radius 1 is 0.312 bits per heavy atom. The van der Waals surface area contributed by atoms with E-state index in [-0.39, 0.29) is 0 Å². The lowest BCUT2D eigenvalue weighted by molar-refractivity contribution is 0.647. The zero-order valence-corrected chi connectivity index (χ0v) is 38.4. The summed E-state index contributed by atoms with van der Waals surface area (Å²) in [4.78, 5) is 4.89. The quantitative estimate of drug-likeness (QED) is 0.101. The average molecular weight is 833 g/mol. The second-order valence-corrected chi connectivity index (χ2v) is 18.2. The van der Waals surface area contributed by atoms with Crippen molar-refractivity contribution in [3.63, 3.8) is 0 Å². The van der Waals surface area contributed by atoms with Crippen LogP contribution in [0.3, 0.4) is 0 Å². The Bertz CT molecular complexity index is 2790.